The molecule has 0 aromatic heterocycles. The van der Waals surface area contributed by atoms with Crippen LogP contribution in [-0.2, 0) is 0 Å². The van der Waals surface area contributed by atoms with Crippen molar-refractivity contribution in [2.45, 2.75) is 12.8 Å². The third kappa shape index (κ3) is 18.9. The van der Waals surface area contributed by atoms with Gasteiger partial charge < -0.3 is 30.9 Å². The van der Waals surface area contributed by atoms with Gasteiger partial charge in [0.1, 0.15) is 0 Å². The fourth-order valence-corrected chi connectivity index (χ4v) is 0.144. The normalized spacial score (nSPS) is 5.29. The van der Waals surface area contributed by atoms with Crippen molar-refractivity contribution in [1.29, 1.82) is 0 Å². The van der Waals surface area contributed by atoms with Crippen LogP contribution in [0.25, 0.3) is 0 Å². The molecule has 0 bridgehead atoms. The Morgan fingerprint density at radius 3 is 2.00 bits per heavy atom. The zero-order chi connectivity index (χ0) is 4.12. The number of rotatable bonds is 2. The van der Waals surface area contributed by atoms with Crippen molar-refractivity contribution in [1.82, 2.24) is 0 Å². The summed E-state index contributed by atoms with van der Waals surface area (Å²) in [5.74, 6) is 0. The minimum absolute atomic E-state index is 0. The summed E-state index contributed by atoms with van der Waals surface area (Å²) in [6, 6.07) is 0. The molecule has 0 saturated heterocycles. The largest absolute Gasteiger partial charge is 2.00 e. The van der Waals surface area contributed by atoms with Gasteiger partial charge in [0.25, 0.3) is 0 Å². The second kappa shape index (κ2) is 15.7. The van der Waals surface area contributed by atoms with E-state index < -0.39 is 0 Å². The van der Waals surface area contributed by atoms with Gasteiger partial charge in [-0.25, -0.2) is 0 Å². The molecule has 0 amide bonds. The maximum atomic E-state index is 3.60. The van der Waals surface area contributed by atoms with E-state index in [1.54, 1.807) is 0 Å². The van der Waals surface area contributed by atoms with Crippen LogP contribution in [0.15, 0.2) is 12.7 Å². The van der Waals surface area contributed by atoms with Gasteiger partial charge in [-0.05, 0) is 0 Å². The molecule has 0 heterocycles. The molecule has 0 aliphatic heterocycles. The first kappa shape index (κ1) is 15.7. The molecule has 0 saturated carbocycles. The third-order valence-electron chi connectivity index (χ3n) is 0.408. The summed E-state index contributed by atoms with van der Waals surface area (Å²) in [6.07, 6.45) is 3.89. The average Bonchev–Trinajstić information content (AvgIpc) is 1.41. The standard InChI is InChI=1S/C5H9.HI.Mg/c1-3-5-4-2;;/h3H,1-2,4-5H2;1H;/q-1;;+2/p-1. The van der Waals surface area contributed by atoms with Gasteiger partial charge in [-0.1, -0.05) is 12.5 Å². The molecule has 0 aromatic rings. The second-order valence-electron chi connectivity index (χ2n) is 0.931. The number of hydrogen-bond donors (Lipinski definition) is 0. The van der Waals surface area contributed by atoms with Crippen molar-refractivity contribution in [2.24, 2.45) is 0 Å². The maximum Gasteiger partial charge on any atom is 2.00 e. The van der Waals surface area contributed by atoms with Gasteiger partial charge in [0.2, 0.25) is 0 Å². The van der Waals surface area contributed by atoms with Gasteiger partial charge in [0.05, 0.1) is 0 Å². The first-order chi connectivity index (χ1) is 2.41. The molecule has 0 N–H and O–H groups in total. The van der Waals surface area contributed by atoms with Crippen LogP contribution in [0.5, 0.6) is 0 Å². The Bertz CT molecular complexity index is 29.3. The van der Waals surface area contributed by atoms with Gasteiger partial charge in [-0.2, -0.15) is 6.42 Å². The Labute approximate surface area is 78.9 Å². The molecule has 0 rings (SSSR count). The average molecular weight is 220 g/mol. The van der Waals surface area contributed by atoms with Crippen LogP contribution in [0.1, 0.15) is 12.8 Å². The molecule has 0 radical (unpaired) electrons. The van der Waals surface area contributed by atoms with E-state index in [2.05, 4.69) is 13.5 Å². The molecule has 0 fully saturated rings. The van der Waals surface area contributed by atoms with E-state index in [-0.39, 0.29) is 47.0 Å². The van der Waals surface area contributed by atoms with Crippen molar-refractivity contribution < 1.29 is 24.0 Å². The monoisotopic (exact) mass is 220 g/mol. The summed E-state index contributed by atoms with van der Waals surface area (Å²) in [5.41, 5.74) is 0. The van der Waals surface area contributed by atoms with E-state index in [9.17, 15) is 0 Å². The number of unbranched alkanes of at least 4 members (excludes halogenated alkanes) is 1. The van der Waals surface area contributed by atoms with E-state index in [4.69, 9.17) is 0 Å². The molecule has 0 aliphatic rings. The zero-order valence-electron chi connectivity index (χ0n) is 4.49. The predicted molar refractivity (Wildman–Crippen MR) is 30.5 cm³/mol. The van der Waals surface area contributed by atoms with Crippen molar-refractivity contribution in [3.63, 3.8) is 0 Å². The Balaban J connectivity index is -0.0000000800. The zero-order valence-corrected chi connectivity index (χ0v) is 8.06. The van der Waals surface area contributed by atoms with E-state index in [1.807, 2.05) is 6.08 Å². The molecular formula is C5H9IMg. The predicted octanol–water partition coefficient (Wildman–Crippen LogP) is -1.59. The van der Waals surface area contributed by atoms with E-state index in [1.165, 1.54) is 0 Å². The van der Waals surface area contributed by atoms with Crippen LogP contribution < -0.4 is 24.0 Å². The summed E-state index contributed by atoms with van der Waals surface area (Å²) in [6.45, 7) is 7.11. The summed E-state index contributed by atoms with van der Waals surface area (Å²) in [4.78, 5) is 0. The molecule has 0 atom stereocenters. The van der Waals surface area contributed by atoms with Crippen LogP contribution in [0, 0.1) is 6.92 Å². The Morgan fingerprint density at radius 1 is 1.57 bits per heavy atom. The van der Waals surface area contributed by atoms with E-state index in [0.29, 0.717) is 0 Å². The smallest absolute Gasteiger partial charge is 1.00 e. The summed E-state index contributed by atoms with van der Waals surface area (Å²) < 4.78 is 0. The van der Waals surface area contributed by atoms with Gasteiger partial charge in [0.15, 0.2) is 0 Å². The molecule has 7 heavy (non-hydrogen) atoms. The minimum atomic E-state index is 0. The molecular weight excluding hydrogens is 211 g/mol. The van der Waals surface area contributed by atoms with Crippen LogP contribution in [0.4, 0.5) is 0 Å². The second-order valence-corrected chi connectivity index (χ2v) is 0.931. The van der Waals surface area contributed by atoms with Crippen LogP contribution in [-0.4, -0.2) is 23.1 Å². The van der Waals surface area contributed by atoms with Crippen LogP contribution in [0.3, 0.4) is 0 Å². The first-order valence-corrected chi connectivity index (χ1v) is 1.82. The van der Waals surface area contributed by atoms with Crippen molar-refractivity contribution in [2.75, 3.05) is 0 Å². The van der Waals surface area contributed by atoms with Crippen molar-refractivity contribution in [3.05, 3.63) is 19.6 Å². The SMILES string of the molecule is C=CCC[CH2-].[I-].[Mg+2]. The summed E-state index contributed by atoms with van der Waals surface area (Å²) >= 11 is 0. The topological polar surface area (TPSA) is 0 Å². The number of halogens is 1. The third-order valence-corrected chi connectivity index (χ3v) is 0.408. The van der Waals surface area contributed by atoms with Gasteiger partial charge in [0, 0.05) is 0 Å². The Morgan fingerprint density at radius 2 is 2.00 bits per heavy atom. The van der Waals surface area contributed by atoms with E-state index >= 15 is 0 Å². The number of allylic oxidation sites excluding steroid dienone is 1. The van der Waals surface area contributed by atoms with Crippen LogP contribution >= 0.6 is 0 Å². The quantitative estimate of drug-likeness (QED) is 0.228. The Hall–Kier alpha value is 1.24. The molecule has 2 heteroatoms. The molecule has 0 aliphatic carbocycles. The summed E-state index contributed by atoms with van der Waals surface area (Å²) in [7, 11) is 0. The van der Waals surface area contributed by atoms with Crippen molar-refractivity contribution >= 4 is 23.1 Å². The molecule has 0 nitrogen and oxygen atoms in total. The number of hydrogen-bond acceptors (Lipinski definition) is 0. The molecule has 38 valence electrons. The van der Waals surface area contributed by atoms with Crippen LogP contribution in [0.2, 0.25) is 0 Å². The van der Waals surface area contributed by atoms with E-state index in [0.717, 1.165) is 12.8 Å². The molecule has 0 unspecified atom stereocenters. The van der Waals surface area contributed by atoms with Crippen molar-refractivity contribution in [3.8, 4) is 0 Å². The fourth-order valence-electron chi connectivity index (χ4n) is 0.144. The fraction of sp³-hybridized carbons (Fsp3) is 0.400. The van der Waals surface area contributed by atoms with Gasteiger partial charge >= 0.3 is 23.1 Å². The Kier molecular flexibility index (Phi) is 35.2. The van der Waals surface area contributed by atoms with Gasteiger partial charge in [-0.15, -0.1) is 6.58 Å². The van der Waals surface area contributed by atoms with Gasteiger partial charge in [-0.3, -0.25) is 0 Å². The molecule has 0 aromatic carbocycles. The maximum absolute atomic E-state index is 3.60. The minimum Gasteiger partial charge on any atom is -1.00 e. The molecule has 0 spiro atoms. The summed E-state index contributed by atoms with van der Waals surface area (Å²) in [5, 5.41) is 0. The first-order valence-electron chi connectivity index (χ1n) is 1.82.